The number of aromatic nitrogens is 3. The first-order chi connectivity index (χ1) is 8.49. The first kappa shape index (κ1) is 13.4. The summed E-state index contributed by atoms with van der Waals surface area (Å²) in [5.74, 6) is 0.515. The van der Waals surface area contributed by atoms with Crippen molar-refractivity contribution in [1.82, 2.24) is 25.2 Å². The van der Waals surface area contributed by atoms with Crippen LogP contribution in [-0.2, 0) is 10.0 Å². The van der Waals surface area contributed by atoms with Crippen LogP contribution in [0.3, 0.4) is 0 Å². The number of nitrogens with one attached hydrogen (secondary N) is 3. The molecule has 1 aromatic heterocycles. The highest BCUT2D eigenvalue weighted by molar-refractivity contribution is 7.90. The molecule has 7 nitrogen and oxygen atoms in total. The van der Waals surface area contributed by atoms with Gasteiger partial charge in [0, 0.05) is 12.6 Å². The highest BCUT2D eigenvalue weighted by Crippen LogP contribution is 2.19. The second-order valence-electron chi connectivity index (χ2n) is 4.75. The number of hydrogen-bond acceptors (Lipinski definition) is 5. The van der Waals surface area contributed by atoms with Gasteiger partial charge in [0.2, 0.25) is 10.0 Å². The lowest BCUT2D eigenvalue weighted by atomic mass is 10.3. The molecule has 1 aliphatic rings. The fourth-order valence-electron chi connectivity index (χ4n) is 1.57. The van der Waals surface area contributed by atoms with Crippen LogP contribution < -0.4 is 10.0 Å². The third kappa shape index (κ3) is 3.50. The molecular formula is C10H19N5O2S. The number of nitrogens with zero attached hydrogens (tertiary/aromatic N) is 2. The molecule has 0 radical (unpaired) electrons. The summed E-state index contributed by atoms with van der Waals surface area (Å²) in [4.78, 5) is 3.93. The number of aromatic amines is 1. The number of rotatable bonds is 7. The first-order valence-corrected chi connectivity index (χ1v) is 7.63. The average molecular weight is 273 g/mol. The van der Waals surface area contributed by atoms with E-state index in [-0.39, 0.29) is 0 Å². The summed E-state index contributed by atoms with van der Waals surface area (Å²) in [5, 5.41) is 9.10. The molecule has 1 fully saturated rings. The zero-order valence-electron chi connectivity index (χ0n) is 10.5. The van der Waals surface area contributed by atoms with Crippen molar-refractivity contribution in [2.75, 3.05) is 6.54 Å². The van der Waals surface area contributed by atoms with Crippen molar-refractivity contribution in [2.45, 2.75) is 44.0 Å². The Hall–Kier alpha value is -0.990. The summed E-state index contributed by atoms with van der Waals surface area (Å²) in [5.41, 5.74) is 0. The third-order valence-electron chi connectivity index (χ3n) is 2.99. The van der Waals surface area contributed by atoms with E-state index in [0.717, 1.165) is 12.8 Å². The standard InChI is InChI=1S/C10H19N5O2S/c1-7(5-11-9-3-4-9)18(16,17)15-8(2)10-12-6-13-14-10/h6-9,11,15H,3-5H2,1-2H3,(H,12,13,14). The van der Waals surface area contributed by atoms with Crippen molar-refractivity contribution >= 4 is 10.0 Å². The first-order valence-electron chi connectivity index (χ1n) is 6.09. The van der Waals surface area contributed by atoms with Gasteiger partial charge in [-0.05, 0) is 26.7 Å². The van der Waals surface area contributed by atoms with E-state index in [4.69, 9.17) is 0 Å². The Morgan fingerprint density at radius 3 is 2.78 bits per heavy atom. The topological polar surface area (TPSA) is 99.8 Å². The zero-order chi connectivity index (χ0) is 13.2. The summed E-state index contributed by atoms with van der Waals surface area (Å²) in [6.07, 6.45) is 3.65. The maximum Gasteiger partial charge on any atom is 0.216 e. The van der Waals surface area contributed by atoms with E-state index in [9.17, 15) is 8.42 Å². The van der Waals surface area contributed by atoms with Crippen molar-refractivity contribution in [3.8, 4) is 0 Å². The highest BCUT2D eigenvalue weighted by atomic mass is 32.2. The van der Waals surface area contributed by atoms with Gasteiger partial charge in [0.25, 0.3) is 0 Å². The van der Waals surface area contributed by atoms with E-state index in [1.165, 1.54) is 6.33 Å². The SMILES string of the molecule is CC(NS(=O)(=O)C(C)CNC1CC1)c1ncn[nH]1. The van der Waals surface area contributed by atoms with Crippen LogP contribution in [0.1, 0.15) is 38.6 Å². The molecule has 1 saturated carbocycles. The normalized spacial score (nSPS) is 19.7. The minimum Gasteiger partial charge on any atom is -0.313 e. The predicted octanol–water partition coefficient (Wildman–Crippen LogP) is -0.0744. The van der Waals surface area contributed by atoms with E-state index in [0.29, 0.717) is 18.4 Å². The quantitative estimate of drug-likeness (QED) is 0.645. The average Bonchev–Trinajstić information content (AvgIpc) is 2.96. The molecule has 1 aliphatic carbocycles. The minimum atomic E-state index is -3.35. The maximum atomic E-state index is 12.1. The lowest BCUT2D eigenvalue weighted by Gasteiger charge is -2.17. The molecule has 102 valence electrons. The summed E-state index contributed by atoms with van der Waals surface area (Å²) >= 11 is 0. The van der Waals surface area contributed by atoms with Crippen molar-refractivity contribution in [3.63, 3.8) is 0 Å². The Morgan fingerprint density at radius 2 is 2.22 bits per heavy atom. The molecule has 1 aromatic rings. The molecular weight excluding hydrogens is 254 g/mol. The monoisotopic (exact) mass is 273 g/mol. The lowest BCUT2D eigenvalue weighted by molar-refractivity contribution is 0.539. The lowest BCUT2D eigenvalue weighted by Crippen LogP contribution is -2.40. The highest BCUT2D eigenvalue weighted by Gasteiger charge is 2.27. The molecule has 3 N–H and O–H groups in total. The van der Waals surface area contributed by atoms with Gasteiger partial charge in [-0.15, -0.1) is 0 Å². The smallest absolute Gasteiger partial charge is 0.216 e. The predicted molar refractivity (Wildman–Crippen MR) is 67.3 cm³/mol. The Morgan fingerprint density at radius 1 is 1.50 bits per heavy atom. The second-order valence-corrected chi connectivity index (χ2v) is 6.88. The van der Waals surface area contributed by atoms with E-state index in [1.807, 2.05) is 0 Å². The van der Waals surface area contributed by atoms with Crippen molar-refractivity contribution in [3.05, 3.63) is 12.2 Å². The van der Waals surface area contributed by atoms with E-state index >= 15 is 0 Å². The number of H-pyrrole nitrogens is 1. The molecule has 8 heteroatoms. The summed E-state index contributed by atoms with van der Waals surface area (Å²) in [7, 11) is -3.35. The zero-order valence-corrected chi connectivity index (χ0v) is 11.4. The second kappa shape index (κ2) is 5.33. The molecule has 0 bridgehead atoms. The van der Waals surface area contributed by atoms with Gasteiger partial charge in [-0.3, -0.25) is 5.10 Å². The van der Waals surface area contributed by atoms with Crippen LogP contribution in [0.25, 0.3) is 0 Å². The van der Waals surface area contributed by atoms with E-state index in [1.54, 1.807) is 13.8 Å². The molecule has 0 aliphatic heterocycles. The van der Waals surface area contributed by atoms with Gasteiger partial charge >= 0.3 is 0 Å². The van der Waals surface area contributed by atoms with Gasteiger partial charge in [-0.1, -0.05) is 0 Å². The molecule has 0 spiro atoms. The van der Waals surface area contributed by atoms with Crippen LogP contribution in [0, 0.1) is 0 Å². The van der Waals surface area contributed by atoms with Gasteiger partial charge in [0.15, 0.2) is 0 Å². The van der Waals surface area contributed by atoms with Crippen LogP contribution in [0.5, 0.6) is 0 Å². The Kier molecular flexibility index (Phi) is 3.98. The summed E-state index contributed by atoms with van der Waals surface area (Å²) < 4.78 is 26.7. The van der Waals surface area contributed by atoms with Gasteiger partial charge in [0.1, 0.15) is 12.2 Å². The molecule has 0 saturated heterocycles. The molecule has 1 heterocycles. The molecule has 2 unspecified atom stereocenters. The Labute approximate surface area is 107 Å². The fraction of sp³-hybridized carbons (Fsp3) is 0.800. The van der Waals surface area contributed by atoms with E-state index in [2.05, 4.69) is 25.2 Å². The fourth-order valence-corrected chi connectivity index (χ4v) is 2.72. The van der Waals surface area contributed by atoms with Gasteiger partial charge in [-0.25, -0.2) is 18.1 Å². The van der Waals surface area contributed by atoms with Crippen LogP contribution in [0.2, 0.25) is 0 Å². The third-order valence-corrected chi connectivity index (χ3v) is 4.89. The van der Waals surface area contributed by atoms with Crippen molar-refractivity contribution in [2.24, 2.45) is 0 Å². The number of sulfonamides is 1. The molecule has 0 aromatic carbocycles. The van der Waals surface area contributed by atoms with Crippen molar-refractivity contribution < 1.29 is 8.42 Å². The minimum absolute atomic E-state index is 0.402. The van der Waals surface area contributed by atoms with E-state index < -0.39 is 21.3 Å². The molecule has 2 rings (SSSR count). The van der Waals surface area contributed by atoms with Crippen molar-refractivity contribution in [1.29, 1.82) is 0 Å². The van der Waals surface area contributed by atoms with Gasteiger partial charge < -0.3 is 5.32 Å². The summed E-state index contributed by atoms with van der Waals surface area (Å²) in [6.45, 7) is 3.91. The van der Waals surface area contributed by atoms with Crippen LogP contribution in [-0.4, -0.2) is 41.4 Å². The maximum absolute atomic E-state index is 12.1. The molecule has 2 atom stereocenters. The van der Waals surface area contributed by atoms with Crippen LogP contribution >= 0.6 is 0 Å². The summed E-state index contributed by atoms with van der Waals surface area (Å²) in [6, 6.07) is 0.107. The van der Waals surface area contributed by atoms with Gasteiger partial charge in [-0.2, -0.15) is 5.10 Å². The van der Waals surface area contributed by atoms with Gasteiger partial charge in [0.05, 0.1) is 11.3 Å². The van der Waals surface area contributed by atoms with Crippen LogP contribution in [0.4, 0.5) is 0 Å². The molecule has 0 amide bonds. The number of hydrogen-bond donors (Lipinski definition) is 3. The Balaban J connectivity index is 1.88. The Bertz CT molecular complexity index is 468. The largest absolute Gasteiger partial charge is 0.313 e. The van der Waals surface area contributed by atoms with Crippen LogP contribution in [0.15, 0.2) is 6.33 Å². The molecule has 18 heavy (non-hydrogen) atoms.